The van der Waals surface area contributed by atoms with Gasteiger partial charge in [0.15, 0.2) is 5.96 Å². The quantitative estimate of drug-likeness (QED) is 0.415. The Hall–Kier alpha value is -3.03. The topological polar surface area (TPSA) is 61.9 Å². The molecule has 3 rings (SSSR count). The predicted molar refractivity (Wildman–Crippen MR) is 120 cm³/mol. The molecule has 0 saturated carbocycles. The maximum Gasteiger partial charge on any atom is 0.191 e. The Morgan fingerprint density at radius 2 is 1.72 bits per heavy atom. The minimum atomic E-state index is -1.31. The second-order valence-electron chi connectivity index (χ2n) is 8.60. The smallest absolute Gasteiger partial charge is 0.191 e. The molecule has 0 aliphatic carbocycles. The van der Waals surface area contributed by atoms with E-state index in [0.717, 1.165) is 24.1 Å². The lowest BCUT2D eigenvalue weighted by Gasteiger charge is -2.41. The van der Waals surface area contributed by atoms with Crippen molar-refractivity contribution in [3.05, 3.63) is 65.5 Å². The second kappa shape index (κ2) is 9.63. The van der Waals surface area contributed by atoms with Crippen LogP contribution in [0.4, 0.5) is 18.9 Å². The van der Waals surface area contributed by atoms with E-state index >= 15 is 0 Å². The molecule has 2 N–H and O–H groups in total. The first-order valence-corrected chi connectivity index (χ1v) is 10.6. The highest BCUT2D eigenvalue weighted by Crippen LogP contribution is 2.42. The summed E-state index contributed by atoms with van der Waals surface area (Å²) in [4.78, 5) is 20.7. The fourth-order valence-electron chi connectivity index (χ4n) is 4.42. The minimum Gasteiger partial charge on any atom is -0.372 e. The molecule has 1 fully saturated rings. The van der Waals surface area contributed by atoms with Gasteiger partial charge in [-0.1, -0.05) is 6.07 Å². The van der Waals surface area contributed by atoms with Gasteiger partial charge >= 0.3 is 0 Å². The van der Waals surface area contributed by atoms with Crippen LogP contribution in [0.2, 0.25) is 0 Å². The maximum absolute atomic E-state index is 14.9. The molecule has 1 aliphatic rings. The molecule has 2 aromatic carbocycles. The van der Waals surface area contributed by atoms with E-state index in [1.54, 1.807) is 38.1 Å². The van der Waals surface area contributed by atoms with Crippen LogP contribution in [0.25, 0.3) is 0 Å². The van der Waals surface area contributed by atoms with E-state index in [-0.39, 0.29) is 23.3 Å². The number of aldehydes is 1. The monoisotopic (exact) mass is 446 g/mol. The van der Waals surface area contributed by atoms with E-state index in [1.807, 2.05) is 0 Å². The third-order valence-electron chi connectivity index (χ3n) is 6.32. The van der Waals surface area contributed by atoms with E-state index in [2.05, 4.69) is 9.89 Å². The molecule has 1 heterocycles. The molecule has 1 aliphatic heterocycles. The van der Waals surface area contributed by atoms with Crippen molar-refractivity contribution < 1.29 is 18.0 Å². The molecular formula is C24H29F3N4O. The largest absolute Gasteiger partial charge is 0.372 e. The summed E-state index contributed by atoms with van der Waals surface area (Å²) in [6.45, 7) is 3.00. The van der Waals surface area contributed by atoms with Gasteiger partial charge in [-0.25, -0.2) is 18.2 Å². The summed E-state index contributed by atoms with van der Waals surface area (Å²) in [5.41, 5.74) is 5.81. The van der Waals surface area contributed by atoms with Gasteiger partial charge in [-0.15, -0.1) is 0 Å². The van der Waals surface area contributed by atoms with Gasteiger partial charge in [-0.2, -0.15) is 0 Å². The molecule has 2 unspecified atom stereocenters. The van der Waals surface area contributed by atoms with Crippen LogP contribution in [0, 0.1) is 29.3 Å². The fraction of sp³-hybridized carbons (Fsp3) is 0.417. The number of nitrogens with two attached hydrogens (primary N) is 1. The van der Waals surface area contributed by atoms with Crippen LogP contribution in [0.5, 0.6) is 0 Å². The van der Waals surface area contributed by atoms with E-state index in [0.29, 0.717) is 25.9 Å². The Morgan fingerprint density at radius 3 is 2.25 bits per heavy atom. The van der Waals surface area contributed by atoms with Crippen LogP contribution in [0.1, 0.15) is 25.3 Å². The number of piperidine rings is 1. The number of rotatable bonds is 6. The third kappa shape index (κ3) is 4.89. The molecule has 1 saturated heterocycles. The van der Waals surface area contributed by atoms with Gasteiger partial charge in [-0.3, -0.25) is 0 Å². The number of hydrogen-bond acceptors (Lipinski definition) is 3. The van der Waals surface area contributed by atoms with Gasteiger partial charge in [0.25, 0.3) is 0 Å². The van der Waals surface area contributed by atoms with Crippen molar-refractivity contribution in [1.82, 2.24) is 4.90 Å². The Kier molecular flexibility index (Phi) is 7.11. The number of carbonyl (C=O) groups excluding carboxylic acids is 1. The summed E-state index contributed by atoms with van der Waals surface area (Å²) < 4.78 is 41.7. The van der Waals surface area contributed by atoms with Crippen LogP contribution in [0.15, 0.2) is 47.5 Å². The van der Waals surface area contributed by atoms with Gasteiger partial charge in [0.1, 0.15) is 23.7 Å². The van der Waals surface area contributed by atoms with Crippen molar-refractivity contribution in [3.63, 3.8) is 0 Å². The van der Waals surface area contributed by atoms with Gasteiger partial charge in [-0.05, 0) is 56.0 Å². The van der Waals surface area contributed by atoms with E-state index in [1.165, 1.54) is 18.2 Å². The number of nitrogens with zero attached hydrogens (tertiary/aromatic N) is 3. The van der Waals surface area contributed by atoms with E-state index < -0.39 is 23.1 Å². The Morgan fingerprint density at radius 1 is 1.12 bits per heavy atom. The number of hydrogen-bond donors (Lipinski definition) is 1. The molecule has 32 heavy (non-hydrogen) atoms. The highest BCUT2D eigenvalue weighted by Gasteiger charge is 2.43. The summed E-state index contributed by atoms with van der Waals surface area (Å²) in [5.74, 6) is -2.37. The molecule has 0 bridgehead atoms. The summed E-state index contributed by atoms with van der Waals surface area (Å²) >= 11 is 0. The first-order valence-electron chi connectivity index (χ1n) is 10.6. The number of aliphatic imine (C=N–C) groups is 1. The van der Waals surface area contributed by atoms with Crippen LogP contribution in [-0.4, -0.2) is 44.3 Å². The molecule has 0 radical (unpaired) electrons. The average Bonchev–Trinajstić information content (AvgIpc) is 2.75. The summed E-state index contributed by atoms with van der Waals surface area (Å²) in [5, 5.41) is 0. The molecular weight excluding hydrogens is 417 g/mol. The average molecular weight is 447 g/mol. The van der Waals surface area contributed by atoms with Gasteiger partial charge in [0.05, 0.1) is 5.54 Å². The highest BCUT2D eigenvalue weighted by molar-refractivity contribution is 5.78. The van der Waals surface area contributed by atoms with Crippen LogP contribution in [-0.2, 0) is 10.3 Å². The van der Waals surface area contributed by atoms with Crippen molar-refractivity contribution in [2.75, 3.05) is 32.1 Å². The molecule has 8 heteroatoms. The van der Waals surface area contributed by atoms with Crippen LogP contribution < -0.4 is 10.6 Å². The SMILES string of the molecule is CN(C)C(N)=NC(C)(c1ccc(F)cc1F)C(C=O)C1CCN(c2ccc(F)cc2)CC1. The summed E-state index contributed by atoms with van der Waals surface area (Å²) in [6.07, 6.45) is 2.14. The Balaban J connectivity index is 1.92. The Bertz CT molecular complexity index is 972. The molecule has 172 valence electrons. The number of carbonyl (C=O) groups is 1. The number of benzene rings is 2. The zero-order valence-corrected chi connectivity index (χ0v) is 18.6. The molecule has 0 amide bonds. The number of halogens is 3. The maximum atomic E-state index is 14.9. The van der Waals surface area contributed by atoms with Crippen LogP contribution >= 0.6 is 0 Å². The minimum absolute atomic E-state index is 0.0858. The van der Waals surface area contributed by atoms with Gasteiger partial charge in [0.2, 0.25) is 0 Å². The second-order valence-corrected chi connectivity index (χ2v) is 8.60. The standard InChI is InChI=1S/C24H29F3N4O/c1-24(29-23(28)30(2)3,20-9-6-18(26)14-22(20)27)21(15-32)16-10-12-31(13-11-16)19-7-4-17(25)5-8-19/h4-9,14-16,21H,10-13H2,1-3H3,(H2,28,29). The zero-order valence-electron chi connectivity index (χ0n) is 18.6. The normalized spacial score (nSPS) is 18.2. The lowest BCUT2D eigenvalue weighted by atomic mass is 9.70. The fourth-order valence-corrected chi connectivity index (χ4v) is 4.42. The summed E-state index contributed by atoms with van der Waals surface area (Å²) in [6, 6.07) is 9.59. The van der Waals surface area contributed by atoms with E-state index in [4.69, 9.17) is 5.73 Å². The van der Waals surface area contributed by atoms with Gasteiger partial charge in [0, 0.05) is 50.4 Å². The van der Waals surface area contributed by atoms with Crippen molar-refractivity contribution in [2.24, 2.45) is 22.6 Å². The lowest BCUT2D eigenvalue weighted by molar-refractivity contribution is -0.115. The zero-order chi connectivity index (χ0) is 23.5. The molecule has 2 atom stereocenters. The molecule has 2 aromatic rings. The van der Waals surface area contributed by atoms with Crippen molar-refractivity contribution in [1.29, 1.82) is 0 Å². The van der Waals surface area contributed by atoms with Crippen molar-refractivity contribution >= 4 is 17.9 Å². The van der Waals surface area contributed by atoms with Gasteiger partial charge < -0.3 is 20.3 Å². The highest BCUT2D eigenvalue weighted by atomic mass is 19.1. The van der Waals surface area contributed by atoms with E-state index in [9.17, 15) is 18.0 Å². The van der Waals surface area contributed by atoms with Crippen molar-refractivity contribution in [2.45, 2.75) is 25.3 Å². The first kappa shape index (κ1) is 23.6. The molecule has 0 spiro atoms. The lowest BCUT2D eigenvalue weighted by Crippen LogP contribution is -2.45. The summed E-state index contributed by atoms with van der Waals surface area (Å²) in [7, 11) is 3.41. The number of anilines is 1. The Labute approximate surface area is 186 Å². The van der Waals surface area contributed by atoms with Crippen molar-refractivity contribution in [3.8, 4) is 0 Å². The van der Waals surface area contributed by atoms with Crippen LogP contribution in [0.3, 0.4) is 0 Å². The molecule has 0 aromatic heterocycles. The predicted octanol–water partition coefficient (Wildman–Crippen LogP) is 3.93. The third-order valence-corrected chi connectivity index (χ3v) is 6.32. The number of guanidine groups is 1. The molecule has 5 nitrogen and oxygen atoms in total. The first-order chi connectivity index (χ1) is 15.2.